The molecule has 0 saturated carbocycles. The first-order chi connectivity index (χ1) is 13.2. The number of ketones is 1. The highest BCUT2D eigenvalue weighted by Gasteiger charge is 2.15. The molecule has 8 nitrogen and oxygen atoms in total. The van der Waals surface area contributed by atoms with Crippen LogP contribution in [-0.4, -0.2) is 28.5 Å². The van der Waals surface area contributed by atoms with E-state index >= 15 is 0 Å². The summed E-state index contributed by atoms with van der Waals surface area (Å²) in [5.41, 5.74) is 1.05. The molecule has 8 heteroatoms. The van der Waals surface area contributed by atoms with Gasteiger partial charge in [-0.15, -0.1) is 0 Å². The number of hydrogen-bond acceptors (Lipinski definition) is 6. The fourth-order valence-electron chi connectivity index (χ4n) is 2.75. The molecule has 1 N–H and O–H groups in total. The largest absolute Gasteiger partial charge is 0.453 e. The van der Waals surface area contributed by atoms with Gasteiger partial charge in [0.1, 0.15) is 5.82 Å². The molecule has 1 aromatic heterocycles. The van der Waals surface area contributed by atoms with E-state index in [-0.39, 0.29) is 23.8 Å². The maximum Gasteiger partial charge on any atom is 0.411 e. The zero-order chi connectivity index (χ0) is 20.8. The van der Waals surface area contributed by atoms with Crippen molar-refractivity contribution in [2.45, 2.75) is 33.7 Å². The van der Waals surface area contributed by atoms with Crippen LogP contribution in [0.1, 0.15) is 31.7 Å². The highest BCUT2D eigenvalue weighted by Crippen LogP contribution is 2.27. The summed E-state index contributed by atoms with van der Waals surface area (Å²) >= 11 is 0. The fraction of sp³-hybridized carbons (Fsp3) is 0.350. The molecule has 146 valence electrons. The molecule has 0 aliphatic carbocycles. The molecule has 1 aromatic carbocycles. The van der Waals surface area contributed by atoms with Crippen LogP contribution in [0, 0.1) is 24.2 Å². The minimum atomic E-state index is -0.708. The average Bonchev–Trinajstić information content (AvgIpc) is 2.63. The zero-order valence-corrected chi connectivity index (χ0v) is 16.3. The summed E-state index contributed by atoms with van der Waals surface area (Å²) in [6, 6.07) is 7.93. The van der Waals surface area contributed by atoms with Gasteiger partial charge in [-0.3, -0.25) is 19.5 Å². The number of carbonyl (C=O) groups excluding carboxylic acids is 2. The number of aromatic nitrogens is 2. The minimum absolute atomic E-state index is 0.0310. The number of methoxy groups -OCH3 is 1. The summed E-state index contributed by atoms with van der Waals surface area (Å²) in [6.07, 6.45) is -0.322. The van der Waals surface area contributed by atoms with Crippen LogP contribution < -0.4 is 10.9 Å². The van der Waals surface area contributed by atoms with Gasteiger partial charge in [0.25, 0.3) is 5.56 Å². The Morgan fingerprint density at radius 2 is 2.04 bits per heavy atom. The van der Waals surface area contributed by atoms with Gasteiger partial charge in [0.2, 0.25) is 0 Å². The molecule has 0 spiro atoms. The molecule has 0 fully saturated rings. The number of hydrogen-bond donors (Lipinski definition) is 1. The predicted molar refractivity (Wildman–Crippen MR) is 104 cm³/mol. The van der Waals surface area contributed by atoms with E-state index in [1.807, 2.05) is 19.9 Å². The summed E-state index contributed by atoms with van der Waals surface area (Å²) < 4.78 is 5.93. The van der Waals surface area contributed by atoms with Gasteiger partial charge in [0, 0.05) is 18.1 Å². The van der Waals surface area contributed by atoms with Crippen molar-refractivity contribution in [1.82, 2.24) is 9.55 Å². The standard InChI is InChI=1S/C20H22N4O4/c1-12(2)7-15(25)11-24-13(3)22-18(9-19(24)26)16-6-5-14(10-21)8-17(16)23-20(27)28-4/h5-6,8-9,12H,7,11H2,1-4H3,(H,23,27). The third-order valence-corrected chi connectivity index (χ3v) is 4.02. The van der Waals surface area contributed by atoms with Crippen molar-refractivity contribution in [2.75, 3.05) is 12.4 Å². The topological polar surface area (TPSA) is 114 Å². The summed E-state index contributed by atoms with van der Waals surface area (Å²) in [7, 11) is 1.22. The van der Waals surface area contributed by atoms with Crippen molar-refractivity contribution in [3.05, 3.63) is 46.0 Å². The Kier molecular flexibility index (Phi) is 6.66. The molecule has 0 aliphatic heterocycles. The lowest BCUT2D eigenvalue weighted by Crippen LogP contribution is -2.27. The maximum absolute atomic E-state index is 12.6. The molecule has 1 amide bonds. The molecule has 0 atom stereocenters. The van der Waals surface area contributed by atoms with Crippen LogP contribution in [0.25, 0.3) is 11.3 Å². The van der Waals surface area contributed by atoms with Gasteiger partial charge in [0.15, 0.2) is 5.78 Å². The van der Waals surface area contributed by atoms with Crippen LogP contribution in [0.2, 0.25) is 0 Å². The highest BCUT2D eigenvalue weighted by molar-refractivity contribution is 5.91. The van der Waals surface area contributed by atoms with Crippen molar-refractivity contribution in [3.63, 3.8) is 0 Å². The molecular weight excluding hydrogens is 360 g/mol. The smallest absolute Gasteiger partial charge is 0.411 e. The zero-order valence-electron chi connectivity index (χ0n) is 16.3. The molecule has 2 rings (SSSR count). The lowest BCUT2D eigenvalue weighted by molar-refractivity contribution is -0.120. The predicted octanol–water partition coefficient (Wildman–Crippen LogP) is 2.88. The van der Waals surface area contributed by atoms with Crippen LogP contribution in [0.3, 0.4) is 0 Å². The number of ether oxygens (including phenoxy) is 1. The number of rotatable bonds is 6. The normalized spacial score (nSPS) is 10.4. The first-order valence-corrected chi connectivity index (χ1v) is 8.74. The average molecular weight is 382 g/mol. The monoisotopic (exact) mass is 382 g/mol. The number of aryl methyl sites for hydroxylation is 1. The third-order valence-electron chi connectivity index (χ3n) is 4.02. The number of Topliss-reactive ketones (excluding diaryl/α,β-unsaturated/α-hetero) is 1. The molecule has 1 heterocycles. The number of nitrogens with zero attached hydrogens (tertiary/aromatic N) is 3. The van der Waals surface area contributed by atoms with Gasteiger partial charge in [-0.05, 0) is 31.0 Å². The number of carbonyl (C=O) groups is 2. The first-order valence-electron chi connectivity index (χ1n) is 8.74. The number of benzene rings is 1. The number of amides is 1. The van der Waals surface area contributed by atoms with E-state index in [1.54, 1.807) is 19.1 Å². The van der Waals surface area contributed by atoms with Gasteiger partial charge in [-0.1, -0.05) is 13.8 Å². The summed E-state index contributed by atoms with van der Waals surface area (Å²) in [4.78, 5) is 40.7. The second-order valence-corrected chi connectivity index (χ2v) is 6.74. The van der Waals surface area contributed by atoms with Gasteiger partial charge < -0.3 is 4.74 Å². The van der Waals surface area contributed by atoms with Gasteiger partial charge >= 0.3 is 6.09 Å². The number of nitrogens with one attached hydrogen (secondary N) is 1. The Morgan fingerprint density at radius 3 is 2.61 bits per heavy atom. The quantitative estimate of drug-likeness (QED) is 0.822. The second-order valence-electron chi connectivity index (χ2n) is 6.74. The molecule has 28 heavy (non-hydrogen) atoms. The van der Waals surface area contributed by atoms with E-state index in [1.165, 1.54) is 23.8 Å². The Hall–Kier alpha value is -3.47. The summed E-state index contributed by atoms with van der Waals surface area (Å²) in [5.74, 6) is 0.551. The molecular formula is C20H22N4O4. The van der Waals surface area contributed by atoms with Gasteiger partial charge in [0.05, 0.1) is 36.7 Å². The van der Waals surface area contributed by atoms with Crippen molar-refractivity contribution >= 4 is 17.6 Å². The minimum Gasteiger partial charge on any atom is -0.453 e. The van der Waals surface area contributed by atoms with Crippen molar-refractivity contribution in [2.24, 2.45) is 5.92 Å². The molecule has 0 saturated heterocycles. The highest BCUT2D eigenvalue weighted by atomic mass is 16.5. The van der Waals surface area contributed by atoms with Crippen molar-refractivity contribution < 1.29 is 14.3 Å². The third kappa shape index (κ3) is 5.04. The van der Waals surface area contributed by atoms with Gasteiger partial charge in [-0.2, -0.15) is 5.26 Å². The summed E-state index contributed by atoms with van der Waals surface area (Å²) in [5, 5.41) is 11.6. The Labute approximate surface area is 162 Å². The number of anilines is 1. The maximum atomic E-state index is 12.6. The summed E-state index contributed by atoms with van der Waals surface area (Å²) in [6.45, 7) is 5.49. The van der Waals surface area contributed by atoms with E-state index in [4.69, 9.17) is 5.26 Å². The Morgan fingerprint density at radius 1 is 1.32 bits per heavy atom. The fourth-order valence-corrected chi connectivity index (χ4v) is 2.75. The van der Waals surface area contributed by atoms with E-state index in [9.17, 15) is 14.4 Å². The lowest BCUT2D eigenvalue weighted by Gasteiger charge is -2.14. The van der Waals surface area contributed by atoms with E-state index in [0.717, 1.165) is 0 Å². The van der Waals surface area contributed by atoms with Crippen LogP contribution in [0.15, 0.2) is 29.1 Å². The Bertz CT molecular complexity index is 1000. The van der Waals surface area contributed by atoms with Crippen LogP contribution >= 0.6 is 0 Å². The van der Waals surface area contributed by atoms with Crippen LogP contribution in [0.5, 0.6) is 0 Å². The van der Waals surface area contributed by atoms with Crippen LogP contribution in [-0.2, 0) is 16.1 Å². The van der Waals surface area contributed by atoms with Crippen molar-refractivity contribution in [3.8, 4) is 17.3 Å². The second kappa shape index (κ2) is 8.95. The van der Waals surface area contributed by atoms with Gasteiger partial charge in [-0.25, -0.2) is 9.78 Å². The number of nitriles is 1. The SMILES string of the molecule is COC(=O)Nc1cc(C#N)ccc1-c1cc(=O)n(CC(=O)CC(C)C)c(C)n1. The van der Waals surface area contributed by atoms with Crippen LogP contribution in [0.4, 0.5) is 10.5 Å². The Balaban J connectivity index is 2.46. The first kappa shape index (κ1) is 20.8. The van der Waals surface area contributed by atoms with E-state index in [0.29, 0.717) is 34.8 Å². The molecule has 0 radical (unpaired) electrons. The van der Waals surface area contributed by atoms with Crippen molar-refractivity contribution in [1.29, 1.82) is 5.26 Å². The lowest BCUT2D eigenvalue weighted by atomic mass is 10.1. The molecule has 0 unspecified atom stereocenters. The molecule has 0 aliphatic rings. The van der Waals surface area contributed by atoms with E-state index < -0.39 is 6.09 Å². The molecule has 0 bridgehead atoms. The molecule has 2 aromatic rings. The van der Waals surface area contributed by atoms with E-state index in [2.05, 4.69) is 15.0 Å².